The molecule has 1 aromatic rings. The first-order valence-corrected chi connectivity index (χ1v) is 6.26. The number of hydrogen-bond acceptors (Lipinski definition) is 3. The molecule has 1 aromatic carbocycles. The average molecular weight is 236 g/mol. The quantitative estimate of drug-likeness (QED) is 0.790. The van der Waals surface area contributed by atoms with E-state index in [1.807, 2.05) is 26.2 Å². The van der Waals surface area contributed by atoms with Crippen molar-refractivity contribution >= 4 is 0 Å². The third-order valence-electron chi connectivity index (χ3n) is 2.72. The minimum absolute atomic E-state index is 0.149. The van der Waals surface area contributed by atoms with Crippen LogP contribution >= 0.6 is 0 Å². The molecule has 0 spiro atoms. The molecular formula is C14H24N2O. The van der Waals surface area contributed by atoms with Gasteiger partial charge in [-0.15, -0.1) is 0 Å². The van der Waals surface area contributed by atoms with Crippen molar-refractivity contribution in [3.63, 3.8) is 0 Å². The van der Waals surface area contributed by atoms with Crippen LogP contribution in [0, 0.1) is 0 Å². The van der Waals surface area contributed by atoms with Crippen molar-refractivity contribution in [3.05, 3.63) is 29.8 Å². The van der Waals surface area contributed by atoms with Crippen molar-refractivity contribution in [3.8, 4) is 5.75 Å². The molecule has 0 radical (unpaired) electrons. The molecule has 17 heavy (non-hydrogen) atoms. The summed E-state index contributed by atoms with van der Waals surface area (Å²) in [5, 5.41) is 0. The summed E-state index contributed by atoms with van der Waals surface area (Å²) in [7, 11) is 4.08. The molecule has 3 nitrogen and oxygen atoms in total. The molecule has 96 valence electrons. The second-order valence-electron chi connectivity index (χ2n) is 4.62. The predicted octanol–water partition coefficient (Wildman–Crippen LogP) is 2.43. The van der Waals surface area contributed by atoms with Gasteiger partial charge in [0.15, 0.2) is 0 Å². The van der Waals surface area contributed by atoms with Crippen molar-refractivity contribution in [2.75, 3.05) is 27.2 Å². The van der Waals surface area contributed by atoms with Gasteiger partial charge in [0.2, 0.25) is 0 Å². The van der Waals surface area contributed by atoms with E-state index >= 15 is 0 Å². The highest BCUT2D eigenvalue weighted by Gasteiger charge is 2.04. The first-order chi connectivity index (χ1) is 8.13. The Kier molecular flexibility index (Phi) is 6.01. The molecule has 1 unspecified atom stereocenters. The Morgan fingerprint density at radius 3 is 2.41 bits per heavy atom. The fourth-order valence-corrected chi connectivity index (χ4v) is 1.63. The van der Waals surface area contributed by atoms with E-state index in [4.69, 9.17) is 10.5 Å². The van der Waals surface area contributed by atoms with E-state index in [0.29, 0.717) is 6.61 Å². The number of benzene rings is 1. The maximum absolute atomic E-state index is 6.05. The molecule has 0 fully saturated rings. The Balaban J connectivity index is 2.44. The van der Waals surface area contributed by atoms with Gasteiger partial charge in [-0.25, -0.2) is 0 Å². The van der Waals surface area contributed by atoms with Gasteiger partial charge in [-0.1, -0.05) is 25.5 Å². The van der Waals surface area contributed by atoms with Crippen molar-refractivity contribution < 1.29 is 4.74 Å². The summed E-state index contributed by atoms with van der Waals surface area (Å²) in [6.45, 7) is 3.79. The molecule has 1 rings (SSSR count). The third-order valence-corrected chi connectivity index (χ3v) is 2.72. The van der Waals surface area contributed by atoms with Crippen LogP contribution in [0.25, 0.3) is 0 Å². The van der Waals surface area contributed by atoms with E-state index in [2.05, 4.69) is 24.0 Å². The van der Waals surface area contributed by atoms with Gasteiger partial charge in [0.25, 0.3) is 0 Å². The van der Waals surface area contributed by atoms with Crippen molar-refractivity contribution in [2.24, 2.45) is 5.73 Å². The molecule has 0 heterocycles. The fourth-order valence-electron chi connectivity index (χ4n) is 1.63. The minimum Gasteiger partial charge on any atom is -0.492 e. The largest absolute Gasteiger partial charge is 0.492 e. The summed E-state index contributed by atoms with van der Waals surface area (Å²) in [4.78, 5) is 2.10. The van der Waals surface area contributed by atoms with E-state index in [-0.39, 0.29) is 6.04 Å². The van der Waals surface area contributed by atoms with E-state index in [1.165, 1.54) is 5.56 Å². The lowest BCUT2D eigenvalue weighted by atomic mass is 10.0. The molecule has 0 aromatic heterocycles. The van der Waals surface area contributed by atoms with Crippen LogP contribution in [-0.4, -0.2) is 32.1 Å². The molecule has 3 heteroatoms. The fraction of sp³-hybridized carbons (Fsp3) is 0.571. The number of nitrogens with zero attached hydrogens (tertiary/aromatic N) is 1. The lowest BCUT2D eigenvalue weighted by Gasteiger charge is -2.13. The maximum atomic E-state index is 6.05. The SMILES string of the molecule is CCCC(N)c1ccc(OCCN(C)C)cc1. The molecule has 0 aliphatic carbocycles. The molecule has 0 aliphatic heterocycles. The van der Waals surface area contributed by atoms with Crippen molar-refractivity contribution in [1.29, 1.82) is 0 Å². The third kappa shape index (κ3) is 5.20. The van der Waals surface area contributed by atoms with E-state index in [0.717, 1.165) is 25.1 Å². The number of likely N-dealkylation sites (N-methyl/N-ethyl adjacent to an activating group) is 1. The number of rotatable bonds is 7. The second-order valence-corrected chi connectivity index (χ2v) is 4.62. The monoisotopic (exact) mass is 236 g/mol. The molecule has 0 bridgehead atoms. The summed E-state index contributed by atoms with van der Waals surface area (Å²) >= 11 is 0. The highest BCUT2D eigenvalue weighted by atomic mass is 16.5. The zero-order chi connectivity index (χ0) is 12.7. The minimum atomic E-state index is 0.149. The van der Waals surface area contributed by atoms with Gasteiger partial charge in [-0.2, -0.15) is 0 Å². The van der Waals surface area contributed by atoms with E-state index in [1.54, 1.807) is 0 Å². The Morgan fingerprint density at radius 1 is 1.24 bits per heavy atom. The lowest BCUT2D eigenvalue weighted by Crippen LogP contribution is -2.19. The Labute approximate surface area is 105 Å². The summed E-state index contributed by atoms with van der Waals surface area (Å²) in [6, 6.07) is 8.27. The van der Waals surface area contributed by atoms with E-state index < -0.39 is 0 Å². The summed E-state index contributed by atoms with van der Waals surface area (Å²) < 4.78 is 5.63. The smallest absolute Gasteiger partial charge is 0.119 e. The molecule has 0 saturated carbocycles. The highest BCUT2D eigenvalue weighted by molar-refractivity contribution is 5.29. The summed E-state index contributed by atoms with van der Waals surface area (Å²) in [5.41, 5.74) is 7.23. The normalized spacial score (nSPS) is 12.8. The molecule has 0 aliphatic rings. The van der Waals surface area contributed by atoms with Crippen LogP contribution in [0.1, 0.15) is 31.4 Å². The van der Waals surface area contributed by atoms with Crippen LogP contribution in [0.3, 0.4) is 0 Å². The zero-order valence-electron chi connectivity index (χ0n) is 11.1. The molecule has 1 atom stereocenters. The zero-order valence-corrected chi connectivity index (χ0v) is 11.1. The Morgan fingerprint density at radius 2 is 1.88 bits per heavy atom. The maximum Gasteiger partial charge on any atom is 0.119 e. The van der Waals surface area contributed by atoms with Crippen molar-refractivity contribution in [2.45, 2.75) is 25.8 Å². The number of nitrogens with two attached hydrogens (primary N) is 1. The van der Waals surface area contributed by atoms with Crippen LogP contribution < -0.4 is 10.5 Å². The first kappa shape index (κ1) is 14.0. The molecule has 2 N–H and O–H groups in total. The predicted molar refractivity (Wildman–Crippen MR) is 72.3 cm³/mol. The number of ether oxygens (including phenoxy) is 1. The van der Waals surface area contributed by atoms with Gasteiger partial charge in [0.05, 0.1) is 0 Å². The van der Waals surface area contributed by atoms with Crippen molar-refractivity contribution in [1.82, 2.24) is 4.90 Å². The van der Waals surface area contributed by atoms with E-state index in [9.17, 15) is 0 Å². The van der Waals surface area contributed by atoms with Crippen LogP contribution in [0.15, 0.2) is 24.3 Å². The topological polar surface area (TPSA) is 38.5 Å². The van der Waals surface area contributed by atoms with Gasteiger partial charge >= 0.3 is 0 Å². The van der Waals surface area contributed by atoms with Crippen LogP contribution in [0.5, 0.6) is 5.75 Å². The van der Waals surface area contributed by atoms with Crippen LogP contribution in [-0.2, 0) is 0 Å². The molecule has 0 saturated heterocycles. The Bertz CT molecular complexity index is 309. The average Bonchev–Trinajstić information content (AvgIpc) is 2.30. The van der Waals surface area contributed by atoms with Crippen LogP contribution in [0.4, 0.5) is 0 Å². The summed E-state index contributed by atoms with van der Waals surface area (Å²) in [5.74, 6) is 0.916. The first-order valence-electron chi connectivity index (χ1n) is 6.26. The van der Waals surface area contributed by atoms with Gasteiger partial charge in [-0.3, -0.25) is 0 Å². The molecule has 0 amide bonds. The molecular weight excluding hydrogens is 212 g/mol. The van der Waals surface area contributed by atoms with Gasteiger partial charge < -0.3 is 15.4 Å². The highest BCUT2D eigenvalue weighted by Crippen LogP contribution is 2.19. The van der Waals surface area contributed by atoms with Gasteiger partial charge in [0, 0.05) is 12.6 Å². The number of hydrogen-bond donors (Lipinski definition) is 1. The van der Waals surface area contributed by atoms with Gasteiger partial charge in [0.1, 0.15) is 12.4 Å². The Hall–Kier alpha value is -1.06. The standard InChI is InChI=1S/C14H24N2O/c1-4-5-14(15)12-6-8-13(9-7-12)17-11-10-16(2)3/h6-9,14H,4-5,10-11,15H2,1-3H3. The summed E-state index contributed by atoms with van der Waals surface area (Å²) in [6.07, 6.45) is 2.14. The second kappa shape index (κ2) is 7.30. The lowest BCUT2D eigenvalue weighted by molar-refractivity contribution is 0.261. The van der Waals surface area contributed by atoms with Gasteiger partial charge in [-0.05, 0) is 38.2 Å². The van der Waals surface area contributed by atoms with Crippen LogP contribution in [0.2, 0.25) is 0 Å².